The minimum atomic E-state index is -0.0272. The molecule has 0 saturated carbocycles. The SMILES string of the molecule is CN(C)CCNC(=O)c1ccc2ccc3[nH]c4ccccc4c3c2c1. The Morgan fingerprint density at radius 2 is 1.80 bits per heavy atom. The number of aromatic amines is 1. The number of amides is 1. The average molecular weight is 331 g/mol. The number of para-hydroxylation sites is 1. The molecule has 126 valence electrons. The van der Waals surface area contributed by atoms with E-state index >= 15 is 0 Å². The van der Waals surface area contributed by atoms with E-state index in [0.29, 0.717) is 12.1 Å². The number of aromatic nitrogens is 1. The van der Waals surface area contributed by atoms with Gasteiger partial charge in [0.05, 0.1) is 0 Å². The first-order valence-electron chi connectivity index (χ1n) is 8.49. The Bertz CT molecular complexity index is 1080. The van der Waals surface area contributed by atoms with E-state index in [1.165, 1.54) is 10.8 Å². The van der Waals surface area contributed by atoms with E-state index in [4.69, 9.17) is 0 Å². The summed E-state index contributed by atoms with van der Waals surface area (Å²) in [6.45, 7) is 1.47. The van der Waals surface area contributed by atoms with Crippen LogP contribution < -0.4 is 5.32 Å². The largest absolute Gasteiger partial charge is 0.354 e. The number of rotatable bonds is 4. The van der Waals surface area contributed by atoms with Crippen LogP contribution in [0.1, 0.15) is 10.4 Å². The summed E-state index contributed by atoms with van der Waals surface area (Å²) in [5.74, 6) is -0.0272. The quantitative estimate of drug-likeness (QED) is 0.598. The fourth-order valence-electron chi connectivity index (χ4n) is 3.31. The summed E-state index contributed by atoms with van der Waals surface area (Å²) in [5.41, 5.74) is 2.91. The molecule has 2 N–H and O–H groups in total. The van der Waals surface area contributed by atoms with E-state index in [-0.39, 0.29) is 5.91 Å². The second-order valence-corrected chi connectivity index (χ2v) is 6.65. The van der Waals surface area contributed by atoms with Crippen LogP contribution in [0.15, 0.2) is 54.6 Å². The lowest BCUT2D eigenvalue weighted by atomic mass is 10.0. The standard InChI is InChI=1S/C21H21N3O/c1-24(2)12-11-22-21(25)15-8-7-14-9-10-19-20(17(14)13-15)16-5-3-4-6-18(16)23-19/h3-10,13,23H,11-12H2,1-2H3,(H,22,25). The molecule has 1 aromatic heterocycles. The highest BCUT2D eigenvalue weighted by Gasteiger charge is 2.11. The van der Waals surface area contributed by atoms with Gasteiger partial charge in [-0.2, -0.15) is 0 Å². The van der Waals surface area contributed by atoms with Gasteiger partial charge in [-0.25, -0.2) is 0 Å². The zero-order valence-electron chi connectivity index (χ0n) is 14.5. The van der Waals surface area contributed by atoms with E-state index < -0.39 is 0 Å². The molecule has 0 radical (unpaired) electrons. The zero-order valence-corrected chi connectivity index (χ0v) is 14.5. The van der Waals surface area contributed by atoms with Crippen LogP contribution in [-0.4, -0.2) is 43.0 Å². The summed E-state index contributed by atoms with van der Waals surface area (Å²) in [6, 6.07) is 18.4. The van der Waals surface area contributed by atoms with Crippen LogP contribution in [-0.2, 0) is 0 Å². The Morgan fingerprint density at radius 3 is 2.64 bits per heavy atom. The molecule has 25 heavy (non-hydrogen) atoms. The van der Waals surface area contributed by atoms with Gasteiger partial charge >= 0.3 is 0 Å². The van der Waals surface area contributed by atoms with Crippen LogP contribution in [0.25, 0.3) is 32.6 Å². The molecule has 4 rings (SSSR count). The maximum absolute atomic E-state index is 12.5. The fourth-order valence-corrected chi connectivity index (χ4v) is 3.31. The monoisotopic (exact) mass is 331 g/mol. The van der Waals surface area contributed by atoms with Gasteiger partial charge in [-0.3, -0.25) is 4.79 Å². The highest BCUT2D eigenvalue weighted by molar-refractivity contribution is 6.20. The molecular formula is C21H21N3O. The van der Waals surface area contributed by atoms with Gasteiger partial charge in [0.2, 0.25) is 0 Å². The topological polar surface area (TPSA) is 48.1 Å². The lowest BCUT2D eigenvalue weighted by Crippen LogP contribution is -2.31. The van der Waals surface area contributed by atoms with Gasteiger partial charge in [0.25, 0.3) is 5.91 Å². The Morgan fingerprint density at radius 1 is 1.00 bits per heavy atom. The number of nitrogens with zero attached hydrogens (tertiary/aromatic N) is 1. The molecule has 3 aromatic carbocycles. The van der Waals surface area contributed by atoms with Crippen molar-refractivity contribution in [2.24, 2.45) is 0 Å². The maximum Gasteiger partial charge on any atom is 0.251 e. The number of benzene rings is 3. The van der Waals surface area contributed by atoms with Crippen molar-refractivity contribution in [2.75, 3.05) is 27.2 Å². The predicted octanol–water partition coefficient (Wildman–Crippen LogP) is 3.77. The molecule has 0 aliphatic carbocycles. The molecule has 4 nitrogen and oxygen atoms in total. The molecule has 1 heterocycles. The molecule has 1 amide bonds. The first-order chi connectivity index (χ1) is 12.1. The van der Waals surface area contributed by atoms with Crippen molar-refractivity contribution >= 4 is 38.5 Å². The van der Waals surface area contributed by atoms with Crippen molar-refractivity contribution in [1.29, 1.82) is 0 Å². The number of carbonyl (C=O) groups excluding carboxylic acids is 1. The van der Waals surface area contributed by atoms with Crippen molar-refractivity contribution in [2.45, 2.75) is 0 Å². The molecule has 4 heteroatoms. The summed E-state index contributed by atoms with van der Waals surface area (Å²) in [4.78, 5) is 18.0. The van der Waals surface area contributed by atoms with E-state index in [2.05, 4.69) is 39.5 Å². The van der Waals surface area contributed by atoms with Crippen molar-refractivity contribution < 1.29 is 4.79 Å². The molecule has 0 atom stereocenters. The van der Waals surface area contributed by atoms with Crippen LogP contribution in [0.3, 0.4) is 0 Å². The molecule has 0 saturated heterocycles. The molecule has 0 unspecified atom stereocenters. The summed E-state index contributed by atoms with van der Waals surface area (Å²) < 4.78 is 0. The molecule has 0 fully saturated rings. The smallest absolute Gasteiger partial charge is 0.251 e. The lowest BCUT2D eigenvalue weighted by molar-refractivity contribution is 0.0951. The van der Waals surface area contributed by atoms with Gasteiger partial charge in [-0.15, -0.1) is 0 Å². The highest BCUT2D eigenvalue weighted by atomic mass is 16.1. The summed E-state index contributed by atoms with van der Waals surface area (Å²) in [5, 5.41) is 7.60. The van der Waals surface area contributed by atoms with Gasteiger partial charge < -0.3 is 15.2 Å². The third-order valence-corrected chi connectivity index (χ3v) is 4.59. The first-order valence-corrected chi connectivity index (χ1v) is 8.49. The molecule has 0 spiro atoms. The Hall–Kier alpha value is -2.85. The van der Waals surface area contributed by atoms with Crippen molar-refractivity contribution in [3.63, 3.8) is 0 Å². The van der Waals surface area contributed by atoms with E-state index in [9.17, 15) is 4.79 Å². The van der Waals surface area contributed by atoms with Crippen LogP contribution in [0.4, 0.5) is 0 Å². The molecule has 0 aliphatic heterocycles. The fraction of sp³-hybridized carbons (Fsp3) is 0.190. The third-order valence-electron chi connectivity index (χ3n) is 4.59. The number of fused-ring (bicyclic) bond motifs is 5. The Kier molecular flexibility index (Phi) is 3.90. The van der Waals surface area contributed by atoms with Crippen LogP contribution in [0.2, 0.25) is 0 Å². The molecular weight excluding hydrogens is 310 g/mol. The highest BCUT2D eigenvalue weighted by Crippen LogP contribution is 2.32. The number of hydrogen-bond donors (Lipinski definition) is 2. The van der Waals surface area contributed by atoms with Gasteiger partial charge in [0.15, 0.2) is 0 Å². The first kappa shape index (κ1) is 15.7. The van der Waals surface area contributed by atoms with E-state index in [1.54, 1.807) is 0 Å². The van der Waals surface area contributed by atoms with Crippen molar-refractivity contribution in [1.82, 2.24) is 15.2 Å². The number of H-pyrrole nitrogens is 1. The van der Waals surface area contributed by atoms with Gasteiger partial charge in [0.1, 0.15) is 0 Å². The Balaban J connectivity index is 1.81. The summed E-state index contributed by atoms with van der Waals surface area (Å²) >= 11 is 0. The number of nitrogens with one attached hydrogen (secondary N) is 2. The number of hydrogen-bond acceptors (Lipinski definition) is 2. The Labute approximate surface area is 146 Å². The van der Waals surface area contributed by atoms with Crippen LogP contribution in [0.5, 0.6) is 0 Å². The van der Waals surface area contributed by atoms with Crippen LogP contribution >= 0.6 is 0 Å². The summed E-state index contributed by atoms with van der Waals surface area (Å²) in [7, 11) is 3.99. The van der Waals surface area contributed by atoms with Gasteiger partial charge in [-0.05, 0) is 49.1 Å². The second kappa shape index (κ2) is 6.22. The maximum atomic E-state index is 12.5. The summed E-state index contributed by atoms with van der Waals surface area (Å²) in [6.07, 6.45) is 0. The van der Waals surface area contributed by atoms with Gasteiger partial charge in [-0.1, -0.05) is 30.3 Å². The average Bonchev–Trinajstić information content (AvgIpc) is 2.99. The minimum Gasteiger partial charge on any atom is -0.354 e. The van der Waals surface area contributed by atoms with Crippen molar-refractivity contribution in [3.8, 4) is 0 Å². The number of likely N-dealkylation sites (N-methyl/N-ethyl adjacent to an activating group) is 1. The van der Waals surface area contributed by atoms with Gasteiger partial charge in [0, 0.05) is 40.5 Å². The van der Waals surface area contributed by atoms with Crippen molar-refractivity contribution in [3.05, 3.63) is 60.2 Å². The lowest BCUT2D eigenvalue weighted by Gasteiger charge is -2.11. The van der Waals surface area contributed by atoms with Crippen LogP contribution in [0, 0.1) is 0 Å². The molecule has 0 bridgehead atoms. The minimum absolute atomic E-state index is 0.0272. The normalized spacial score (nSPS) is 11.6. The van der Waals surface area contributed by atoms with E-state index in [1.807, 2.05) is 44.4 Å². The zero-order chi connectivity index (χ0) is 17.4. The molecule has 4 aromatic rings. The second-order valence-electron chi connectivity index (χ2n) is 6.65. The number of carbonyl (C=O) groups is 1. The predicted molar refractivity (Wildman–Crippen MR) is 104 cm³/mol. The molecule has 0 aliphatic rings. The van der Waals surface area contributed by atoms with E-state index in [0.717, 1.165) is 28.4 Å². The third kappa shape index (κ3) is 2.85.